The molecule has 0 amide bonds. The lowest BCUT2D eigenvalue weighted by molar-refractivity contribution is -0.385. The molecule has 98 valence electrons. The van der Waals surface area contributed by atoms with Crippen LogP contribution in [-0.4, -0.2) is 22.0 Å². The molecule has 7 heteroatoms. The first kappa shape index (κ1) is 14.2. The Balaban J connectivity index is 3.05. The highest BCUT2D eigenvalue weighted by Gasteiger charge is 2.18. The van der Waals surface area contributed by atoms with Crippen LogP contribution >= 0.6 is 0 Å². The monoisotopic (exact) mass is 261 g/mol. The second-order valence-corrected chi connectivity index (χ2v) is 3.66. The van der Waals surface area contributed by atoms with Gasteiger partial charge in [-0.1, -0.05) is 6.08 Å². The lowest BCUT2D eigenvalue weighted by atomic mass is 10.1. The number of hydrogen-bond donors (Lipinski definition) is 2. The Labute approximate surface area is 108 Å². The molecular weight excluding hydrogens is 250 g/mol. The van der Waals surface area contributed by atoms with Crippen LogP contribution < -0.4 is 5.32 Å². The van der Waals surface area contributed by atoms with Gasteiger partial charge in [0.05, 0.1) is 4.92 Å². The number of anilines is 1. The number of hydrogen-bond acceptors (Lipinski definition) is 5. The van der Waals surface area contributed by atoms with Crippen molar-refractivity contribution in [2.24, 2.45) is 0 Å². The first-order chi connectivity index (χ1) is 8.99. The number of nitrogens with one attached hydrogen (secondary N) is 1. The van der Waals surface area contributed by atoms with Crippen molar-refractivity contribution in [3.63, 3.8) is 0 Å². The van der Waals surface area contributed by atoms with Gasteiger partial charge in [-0.2, -0.15) is 5.26 Å². The van der Waals surface area contributed by atoms with E-state index in [9.17, 15) is 14.9 Å². The van der Waals surface area contributed by atoms with Gasteiger partial charge in [0, 0.05) is 11.8 Å². The maximum atomic E-state index is 10.9. The third-order valence-electron chi connectivity index (χ3n) is 2.36. The lowest BCUT2D eigenvalue weighted by Gasteiger charge is -2.13. The predicted octanol–water partition coefficient (Wildman–Crippen LogP) is 1.91. The van der Waals surface area contributed by atoms with Gasteiger partial charge in [0.2, 0.25) is 0 Å². The third-order valence-corrected chi connectivity index (χ3v) is 2.36. The summed E-state index contributed by atoms with van der Waals surface area (Å²) in [5.74, 6) is -1.09. The Morgan fingerprint density at radius 1 is 1.68 bits per heavy atom. The number of carboxylic acids is 1. The zero-order chi connectivity index (χ0) is 14.4. The van der Waals surface area contributed by atoms with E-state index in [4.69, 9.17) is 10.4 Å². The van der Waals surface area contributed by atoms with Gasteiger partial charge in [-0.05, 0) is 18.6 Å². The molecule has 1 aromatic rings. The summed E-state index contributed by atoms with van der Waals surface area (Å²) in [6, 6.07) is 4.61. The fraction of sp³-hybridized carbons (Fsp3) is 0.167. The van der Waals surface area contributed by atoms with E-state index in [0.29, 0.717) is 0 Å². The van der Waals surface area contributed by atoms with Gasteiger partial charge in [-0.3, -0.25) is 10.1 Å². The summed E-state index contributed by atoms with van der Waals surface area (Å²) in [5, 5.41) is 31.1. The maximum Gasteiger partial charge on any atom is 0.326 e. The lowest BCUT2D eigenvalue weighted by Crippen LogP contribution is -2.28. The summed E-state index contributed by atoms with van der Waals surface area (Å²) in [6.45, 7) is 3.44. The van der Waals surface area contributed by atoms with E-state index in [1.807, 2.05) is 0 Å². The molecule has 2 N–H and O–H groups in total. The fourth-order valence-corrected chi connectivity index (χ4v) is 1.46. The minimum atomic E-state index is -1.09. The Morgan fingerprint density at radius 2 is 2.37 bits per heavy atom. The quantitative estimate of drug-likeness (QED) is 0.459. The van der Waals surface area contributed by atoms with Gasteiger partial charge < -0.3 is 10.4 Å². The topological polar surface area (TPSA) is 116 Å². The summed E-state index contributed by atoms with van der Waals surface area (Å²) in [5.41, 5.74) is -0.179. The number of carbonyl (C=O) groups is 1. The van der Waals surface area contributed by atoms with Crippen molar-refractivity contribution in [1.29, 1.82) is 5.26 Å². The first-order valence-electron chi connectivity index (χ1n) is 5.28. The molecule has 0 aliphatic heterocycles. The summed E-state index contributed by atoms with van der Waals surface area (Å²) in [4.78, 5) is 21.0. The predicted molar refractivity (Wildman–Crippen MR) is 67.7 cm³/mol. The molecule has 0 aliphatic carbocycles. The molecule has 0 spiro atoms. The molecule has 0 fully saturated rings. The van der Waals surface area contributed by atoms with Gasteiger partial charge in [0.1, 0.15) is 17.7 Å². The average Bonchev–Trinajstić information content (AvgIpc) is 2.37. The average molecular weight is 261 g/mol. The van der Waals surface area contributed by atoms with E-state index in [1.165, 1.54) is 18.2 Å². The van der Waals surface area contributed by atoms with E-state index in [2.05, 4.69) is 11.9 Å². The third kappa shape index (κ3) is 3.54. The summed E-state index contributed by atoms with van der Waals surface area (Å²) < 4.78 is 0. The molecule has 7 nitrogen and oxygen atoms in total. The van der Waals surface area contributed by atoms with Crippen molar-refractivity contribution in [3.8, 4) is 6.07 Å². The van der Waals surface area contributed by atoms with Crippen LogP contribution in [-0.2, 0) is 4.79 Å². The van der Waals surface area contributed by atoms with Crippen molar-refractivity contribution < 1.29 is 14.8 Å². The Bertz CT molecular complexity index is 563. The molecule has 0 aliphatic rings. The zero-order valence-corrected chi connectivity index (χ0v) is 9.87. The highest BCUT2D eigenvalue weighted by molar-refractivity contribution is 5.78. The molecule has 0 bridgehead atoms. The largest absolute Gasteiger partial charge is 0.480 e. The Hall–Kier alpha value is -2.88. The number of benzene rings is 1. The molecule has 0 radical (unpaired) electrons. The van der Waals surface area contributed by atoms with Gasteiger partial charge in [-0.25, -0.2) is 4.79 Å². The van der Waals surface area contributed by atoms with E-state index in [-0.39, 0.29) is 23.4 Å². The smallest absolute Gasteiger partial charge is 0.326 e. The SMILES string of the molecule is C=CCC(Nc1ccc(C#N)c([N+](=O)[O-])c1)C(=O)O. The minimum absolute atomic E-state index is 0.0776. The number of nitriles is 1. The first-order valence-corrected chi connectivity index (χ1v) is 5.28. The molecule has 1 unspecified atom stereocenters. The fourth-order valence-electron chi connectivity index (χ4n) is 1.46. The Kier molecular flexibility index (Phi) is 4.60. The molecule has 1 rings (SSSR count). The van der Waals surface area contributed by atoms with Gasteiger partial charge in [0.25, 0.3) is 5.69 Å². The highest BCUT2D eigenvalue weighted by Crippen LogP contribution is 2.23. The van der Waals surface area contributed by atoms with E-state index >= 15 is 0 Å². The number of nitro benzene ring substituents is 1. The molecular formula is C12H11N3O4. The van der Waals surface area contributed by atoms with Gasteiger partial charge >= 0.3 is 5.97 Å². The van der Waals surface area contributed by atoms with Crippen molar-refractivity contribution in [1.82, 2.24) is 0 Å². The van der Waals surface area contributed by atoms with Crippen molar-refractivity contribution in [2.45, 2.75) is 12.5 Å². The summed E-state index contributed by atoms with van der Waals surface area (Å²) >= 11 is 0. The van der Waals surface area contributed by atoms with Crippen LogP contribution in [0.4, 0.5) is 11.4 Å². The van der Waals surface area contributed by atoms with Crippen LogP contribution in [0.5, 0.6) is 0 Å². The number of carboxylic acid groups (broad SMARTS) is 1. The van der Waals surface area contributed by atoms with Crippen LogP contribution in [0.1, 0.15) is 12.0 Å². The molecule has 0 heterocycles. The van der Waals surface area contributed by atoms with Crippen molar-refractivity contribution >= 4 is 17.3 Å². The van der Waals surface area contributed by atoms with E-state index in [0.717, 1.165) is 6.07 Å². The number of nitro groups is 1. The second kappa shape index (κ2) is 6.16. The number of aliphatic carboxylic acids is 1. The van der Waals surface area contributed by atoms with Gasteiger partial charge in [-0.15, -0.1) is 6.58 Å². The van der Waals surface area contributed by atoms with Crippen LogP contribution in [0.3, 0.4) is 0 Å². The minimum Gasteiger partial charge on any atom is -0.480 e. The molecule has 1 aromatic carbocycles. The van der Waals surface area contributed by atoms with Crippen LogP contribution in [0.15, 0.2) is 30.9 Å². The molecule has 0 saturated carbocycles. The molecule has 0 aromatic heterocycles. The summed E-state index contributed by atoms with van der Waals surface area (Å²) in [6.07, 6.45) is 1.60. The van der Waals surface area contributed by atoms with Crippen molar-refractivity contribution in [2.75, 3.05) is 5.32 Å². The number of rotatable bonds is 6. The van der Waals surface area contributed by atoms with Crippen LogP contribution in [0, 0.1) is 21.4 Å². The zero-order valence-electron chi connectivity index (χ0n) is 9.87. The standard InChI is InChI=1S/C12H11N3O4/c1-2-3-10(12(16)17)14-9-5-4-8(7-13)11(6-9)15(18)19/h2,4-6,10,14H,1,3H2,(H,16,17). The van der Waals surface area contributed by atoms with Crippen LogP contribution in [0.25, 0.3) is 0 Å². The maximum absolute atomic E-state index is 10.9. The van der Waals surface area contributed by atoms with Crippen molar-refractivity contribution in [3.05, 3.63) is 46.5 Å². The van der Waals surface area contributed by atoms with Crippen LogP contribution in [0.2, 0.25) is 0 Å². The second-order valence-electron chi connectivity index (χ2n) is 3.66. The highest BCUT2D eigenvalue weighted by atomic mass is 16.6. The molecule has 0 saturated heterocycles. The summed E-state index contributed by atoms with van der Waals surface area (Å²) in [7, 11) is 0. The van der Waals surface area contributed by atoms with E-state index in [1.54, 1.807) is 6.07 Å². The van der Waals surface area contributed by atoms with E-state index < -0.39 is 16.9 Å². The molecule has 19 heavy (non-hydrogen) atoms. The normalized spacial score (nSPS) is 11.1. The van der Waals surface area contributed by atoms with Gasteiger partial charge in [0.15, 0.2) is 0 Å². The number of nitrogens with zero attached hydrogens (tertiary/aromatic N) is 2. The molecule has 1 atom stereocenters. The Morgan fingerprint density at radius 3 is 2.84 bits per heavy atom.